The van der Waals surface area contributed by atoms with E-state index in [1.807, 2.05) is 36.9 Å². The molecule has 1 aromatic carbocycles. The van der Waals surface area contributed by atoms with Gasteiger partial charge in [-0.25, -0.2) is 0 Å². The molecular formula is C19H27NO4. The number of carbonyl (C=O) groups is 2. The maximum atomic E-state index is 12.4. The molecule has 1 aliphatic rings. The van der Waals surface area contributed by atoms with Gasteiger partial charge in [-0.05, 0) is 56.2 Å². The lowest BCUT2D eigenvalue weighted by molar-refractivity contribution is -0.137. The molecular weight excluding hydrogens is 306 g/mol. The Balaban J connectivity index is 1.77. The molecule has 1 aliphatic heterocycles. The fourth-order valence-electron chi connectivity index (χ4n) is 3.12. The third-order valence-corrected chi connectivity index (χ3v) is 4.56. The van der Waals surface area contributed by atoms with E-state index in [1.54, 1.807) is 0 Å². The Labute approximate surface area is 143 Å². The van der Waals surface area contributed by atoms with Gasteiger partial charge in [0.2, 0.25) is 5.91 Å². The number of aliphatic carboxylic acids is 1. The average molecular weight is 333 g/mol. The van der Waals surface area contributed by atoms with Gasteiger partial charge in [-0.1, -0.05) is 12.1 Å². The number of aryl methyl sites for hydroxylation is 2. The normalized spacial score (nSPS) is 17.6. The van der Waals surface area contributed by atoms with Crippen LogP contribution >= 0.6 is 0 Å². The number of carbonyl (C=O) groups excluding carboxylic acids is 1. The molecule has 1 N–H and O–H groups in total. The Morgan fingerprint density at radius 2 is 2.08 bits per heavy atom. The van der Waals surface area contributed by atoms with Crippen LogP contribution in [0, 0.1) is 19.8 Å². The first kappa shape index (κ1) is 18.3. The maximum absolute atomic E-state index is 12.4. The van der Waals surface area contributed by atoms with Gasteiger partial charge in [0.25, 0.3) is 0 Å². The van der Waals surface area contributed by atoms with E-state index in [9.17, 15) is 9.59 Å². The lowest BCUT2D eigenvalue weighted by Crippen LogP contribution is -2.40. The van der Waals surface area contributed by atoms with Gasteiger partial charge in [0.1, 0.15) is 5.75 Å². The van der Waals surface area contributed by atoms with Crippen molar-refractivity contribution in [2.24, 2.45) is 5.92 Å². The van der Waals surface area contributed by atoms with Gasteiger partial charge in [-0.15, -0.1) is 0 Å². The number of hydrogen-bond acceptors (Lipinski definition) is 3. The van der Waals surface area contributed by atoms with Crippen LogP contribution in [0.25, 0.3) is 0 Å². The van der Waals surface area contributed by atoms with Crippen LogP contribution in [0.1, 0.15) is 43.2 Å². The van der Waals surface area contributed by atoms with E-state index in [0.717, 1.165) is 36.3 Å². The second kappa shape index (κ2) is 8.71. The van der Waals surface area contributed by atoms with E-state index in [0.29, 0.717) is 31.9 Å². The maximum Gasteiger partial charge on any atom is 0.303 e. The molecule has 2 rings (SSSR count). The number of carboxylic acids is 1. The molecule has 1 saturated heterocycles. The van der Waals surface area contributed by atoms with Crippen LogP contribution in [0.2, 0.25) is 0 Å². The number of rotatable bonds is 7. The van der Waals surface area contributed by atoms with Crippen LogP contribution in [-0.4, -0.2) is 41.6 Å². The zero-order valence-electron chi connectivity index (χ0n) is 14.6. The van der Waals surface area contributed by atoms with Crippen LogP contribution in [0.5, 0.6) is 5.75 Å². The zero-order valence-corrected chi connectivity index (χ0v) is 14.6. The predicted octanol–water partition coefficient (Wildman–Crippen LogP) is 3.18. The standard InChI is InChI=1S/C19H27NO4/c1-14-5-6-15(2)17(12-14)24-11-9-18(21)20-10-3-4-16(13-20)7-8-19(22)23/h5-6,12,16H,3-4,7-11,13H2,1-2H3,(H,22,23). The van der Waals surface area contributed by atoms with Crippen LogP contribution in [0.4, 0.5) is 0 Å². The Morgan fingerprint density at radius 1 is 1.29 bits per heavy atom. The molecule has 1 heterocycles. The molecule has 0 bridgehead atoms. The first-order valence-corrected chi connectivity index (χ1v) is 8.65. The molecule has 5 nitrogen and oxygen atoms in total. The minimum atomic E-state index is -0.764. The molecule has 0 saturated carbocycles. The summed E-state index contributed by atoms with van der Waals surface area (Å²) in [6.07, 6.45) is 3.16. The quantitative estimate of drug-likeness (QED) is 0.832. The Bertz CT molecular complexity index is 585. The first-order valence-electron chi connectivity index (χ1n) is 8.65. The highest BCUT2D eigenvalue weighted by Crippen LogP contribution is 2.22. The van der Waals surface area contributed by atoms with Crippen LogP contribution in [-0.2, 0) is 9.59 Å². The number of piperidine rings is 1. The van der Waals surface area contributed by atoms with E-state index >= 15 is 0 Å². The molecule has 1 atom stereocenters. The second-order valence-electron chi connectivity index (χ2n) is 6.65. The number of hydrogen-bond donors (Lipinski definition) is 1. The van der Waals surface area contributed by atoms with Gasteiger partial charge in [0.05, 0.1) is 13.0 Å². The van der Waals surface area contributed by atoms with Crippen molar-refractivity contribution in [1.29, 1.82) is 0 Å². The molecule has 1 unspecified atom stereocenters. The topological polar surface area (TPSA) is 66.8 Å². The molecule has 0 aliphatic carbocycles. The van der Waals surface area contributed by atoms with E-state index < -0.39 is 5.97 Å². The van der Waals surface area contributed by atoms with Crippen LogP contribution in [0.15, 0.2) is 18.2 Å². The summed E-state index contributed by atoms with van der Waals surface area (Å²) in [7, 11) is 0. The number of amides is 1. The van der Waals surface area contributed by atoms with Crippen LogP contribution in [0.3, 0.4) is 0 Å². The SMILES string of the molecule is Cc1ccc(C)c(OCCC(=O)N2CCCC(CCC(=O)O)C2)c1. The Kier molecular flexibility index (Phi) is 6.64. The van der Waals surface area contributed by atoms with Crippen molar-refractivity contribution in [1.82, 2.24) is 4.90 Å². The lowest BCUT2D eigenvalue weighted by atomic mass is 9.93. The molecule has 24 heavy (non-hydrogen) atoms. The minimum Gasteiger partial charge on any atom is -0.493 e. The predicted molar refractivity (Wildman–Crippen MR) is 92.2 cm³/mol. The molecule has 1 amide bonds. The Hall–Kier alpha value is -2.04. The third-order valence-electron chi connectivity index (χ3n) is 4.56. The highest BCUT2D eigenvalue weighted by Gasteiger charge is 2.23. The van der Waals surface area contributed by atoms with Gasteiger partial charge >= 0.3 is 5.97 Å². The van der Waals surface area contributed by atoms with Crippen molar-refractivity contribution in [3.63, 3.8) is 0 Å². The third kappa shape index (κ3) is 5.55. The van der Waals surface area contributed by atoms with Crippen molar-refractivity contribution >= 4 is 11.9 Å². The van der Waals surface area contributed by atoms with E-state index in [-0.39, 0.29) is 12.3 Å². The molecule has 5 heteroatoms. The van der Waals surface area contributed by atoms with Crippen molar-refractivity contribution in [3.8, 4) is 5.75 Å². The molecule has 132 valence electrons. The molecule has 0 spiro atoms. The Morgan fingerprint density at radius 3 is 2.83 bits per heavy atom. The van der Waals surface area contributed by atoms with Gasteiger partial charge in [-0.2, -0.15) is 0 Å². The number of benzene rings is 1. The lowest BCUT2D eigenvalue weighted by Gasteiger charge is -2.32. The number of ether oxygens (including phenoxy) is 1. The summed E-state index contributed by atoms with van der Waals surface area (Å²) < 4.78 is 5.76. The summed E-state index contributed by atoms with van der Waals surface area (Å²) in [6.45, 7) is 5.83. The zero-order chi connectivity index (χ0) is 17.5. The van der Waals surface area contributed by atoms with Crippen LogP contribution < -0.4 is 4.74 Å². The summed E-state index contributed by atoms with van der Waals surface area (Å²) in [5, 5.41) is 8.79. The first-order chi connectivity index (χ1) is 11.5. The highest BCUT2D eigenvalue weighted by atomic mass is 16.5. The van der Waals surface area contributed by atoms with Crippen molar-refractivity contribution in [2.75, 3.05) is 19.7 Å². The van der Waals surface area contributed by atoms with Gasteiger partial charge in [-0.3, -0.25) is 9.59 Å². The van der Waals surface area contributed by atoms with Crippen molar-refractivity contribution in [2.45, 2.75) is 46.0 Å². The largest absolute Gasteiger partial charge is 0.493 e. The van der Waals surface area contributed by atoms with E-state index in [2.05, 4.69) is 0 Å². The van der Waals surface area contributed by atoms with E-state index in [4.69, 9.17) is 9.84 Å². The monoisotopic (exact) mass is 333 g/mol. The molecule has 0 radical (unpaired) electrons. The van der Waals surface area contributed by atoms with Gasteiger partial charge in [0.15, 0.2) is 0 Å². The van der Waals surface area contributed by atoms with Crippen molar-refractivity contribution < 1.29 is 19.4 Å². The minimum absolute atomic E-state index is 0.0975. The molecule has 0 aromatic heterocycles. The number of carboxylic acid groups (broad SMARTS) is 1. The van der Waals surface area contributed by atoms with Gasteiger partial charge in [0, 0.05) is 19.5 Å². The summed E-state index contributed by atoms with van der Waals surface area (Å²) in [6, 6.07) is 6.05. The summed E-state index contributed by atoms with van der Waals surface area (Å²) in [4.78, 5) is 24.9. The second-order valence-corrected chi connectivity index (χ2v) is 6.65. The summed E-state index contributed by atoms with van der Waals surface area (Å²) >= 11 is 0. The smallest absolute Gasteiger partial charge is 0.303 e. The average Bonchev–Trinajstić information content (AvgIpc) is 2.56. The highest BCUT2D eigenvalue weighted by molar-refractivity contribution is 5.76. The number of likely N-dealkylation sites (tertiary alicyclic amines) is 1. The fraction of sp³-hybridized carbons (Fsp3) is 0.579. The summed E-state index contributed by atoms with van der Waals surface area (Å²) in [5.41, 5.74) is 2.21. The van der Waals surface area contributed by atoms with E-state index in [1.165, 1.54) is 0 Å². The van der Waals surface area contributed by atoms with Gasteiger partial charge < -0.3 is 14.7 Å². The molecule has 1 fully saturated rings. The summed E-state index contributed by atoms with van der Waals surface area (Å²) in [5.74, 6) is 0.472. The fourth-order valence-corrected chi connectivity index (χ4v) is 3.12. The van der Waals surface area contributed by atoms with Crippen molar-refractivity contribution in [3.05, 3.63) is 29.3 Å². The number of nitrogens with zero attached hydrogens (tertiary/aromatic N) is 1. The molecule has 1 aromatic rings.